The molecule has 0 aliphatic carbocycles. The van der Waals surface area contributed by atoms with Crippen LogP contribution in [0.3, 0.4) is 0 Å². The SMILES string of the molecule is CCCCCCC1C(=O)OC1CCCCOC(=O)NCc1ccccc1. The van der Waals surface area contributed by atoms with E-state index >= 15 is 0 Å². The largest absolute Gasteiger partial charge is 0.461 e. The Bertz CT molecular complexity index is 546. The monoisotopic (exact) mass is 361 g/mol. The molecule has 1 N–H and O–H groups in total. The van der Waals surface area contributed by atoms with Crippen molar-refractivity contribution in [3.05, 3.63) is 35.9 Å². The smallest absolute Gasteiger partial charge is 0.407 e. The van der Waals surface area contributed by atoms with Gasteiger partial charge in [0.1, 0.15) is 6.10 Å². The topological polar surface area (TPSA) is 64.6 Å². The second-order valence-electron chi connectivity index (χ2n) is 6.90. The summed E-state index contributed by atoms with van der Waals surface area (Å²) in [4.78, 5) is 23.2. The number of rotatable bonds is 12. The number of hydrogen-bond donors (Lipinski definition) is 1. The van der Waals surface area contributed by atoms with Crippen molar-refractivity contribution in [3.63, 3.8) is 0 Å². The molecule has 1 aliphatic heterocycles. The normalized spacial score (nSPS) is 18.7. The van der Waals surface area contributed by atoms with Gasteiger partial charge in [-0.15, -0.1) is 0 Å². The predicted molar refractivity (Wildman–Crippen MR) is 101 cm³/mol. The van der Waals surface area contributed by atoms with Gasteiger partial charge in [0.15, 0.2) is 0 Å². The summed E-state index contributed by atoms with van der Waals surface area (Å²) in [6, 6.07) is 9.73. The molecule has 1 aliphatic rings. The zero-order valence-electron chi connectivity index (χ0n) is 15.7. The lowest BCUT2D eigenvalue weighted by molar-refractivity contribution is -0.186. The van der Waals surface area contributed by atoms with Crippen molar-refractivity contribution in [2.24, 2.45) is 5.92 Å². The molecule has 0 bridgehead atoms. The van der Waals surface area contributed by atoms with Gasteiger partial charge in [-0.25, -0.2) is 4.79 Å². The summed E-state index contributed by atoms with van der Waals surface area (Å²) < 4.78 is 10.4. The number of carbonyl (C=O) groups excluding carboxylic acids is 2. The number of esters is 1. The molecular weight excluding hydrogens is 330 g/mol. The molecule has 5 nitrogen and oxygen atoms in total. The van der Waals surface area contributed by atoms with Gasteiger partial charge in [-0.3, -0.25) is 4.79 Å². The summed E-state index contributed by atoms with van der Waals surface area (Å²) in [6.45, 7) is 3.05. The molecule has 144 valence electrons. The minimum atomic E-state index is -0.391. The summed E-state index contributed by atoms with van der Waals surface area (Å²) in [5.74, 6) is 0.0463. The van der Waals surface area contributed by atoms with E-state index in [-0.39, 0.29) is 18.0 Å². The molecule has 26 heavy (non-hydrogen) atoms. The number of amides is 1. The molecule has 1 amide bonds. The summed E-state index contributed by atoms with van der Waals surface area (Å²) in [5, 5.41) is 2.74. The highest BCUT2D eigenvalue weighted by Gasteiger charge is 2.40. The molecule has 0 saturated carbocycles. The van der Waals surface area contributed by atoms with Crippen LogP contribution >= 0.6 is 0 Å². The van der Waals surface area contributed by atoms with Crippen LogP contribution in [0.2, 0.25) is 0 Å². The first-order valence-electron chi connectivity index (χ1n) is 9.85. The number of benzene rings is 1. The van der Waals surface area contributed by atoms with Gasteiger partial charge in [0, 0.05) is 6.54 Å². The first-order chi connectivity index (χ1) is 12.7. The van der Waals surface area contributed by atoms with Crippen LogP contribution in [0.25, 0.3) is 0 Å². The van der Waals surface area contributed by atoms with Crippen LogP contribution in [-0.2, 0) is 20.8 Å². The highest BCUT2D eigenvalue weighted by molar-refractivity contribution is 5.78. The van der Waals surface area contributed by atoms with Crippen molar-refractivity contribution < 1.29 is 19.1 Å². The van der Waals surface area contributed by atoms with Crippen molar-refractivity contribution in [1.82, 2.24) is 5.32 Å². The zero-order valence-corrected chi connectivity index (χ0v) is 15.7. The Morgan fingerprint density at radius 2 is 1.85 bits per heavy atom. The number of alkyl carbamates (subject to hydrolysis) is 1. The molecule has 1 fully saturated rings. The average molecular weight is 361 g/mol. The first-order valence-corrected chi connectivity index (χ1v) is 9.85. The summed E-state index contributed by atoms with van der Waals surface area (Å²) in [6.07, 6.45) is 7.90. The fraction of sp³-hybridized carbons (Fsp3) is 0.619. The van der Waals surface area contributed by atoms with Crippen LogP contribution in [0.15, 0.2) is 30.3 Å². The minimum Gasteiger partial charge on any atom is -0.461 e. The van der Waals surface area contributed by atoms with E-state index < -0.39 is 6.09 Å². The van der Waals surface area contributed by atoms with E-state index in [9.17, 15) is 9.59 Å². The van der Waals surface area contributed by atoms with Crippen LogP contribution < -0.4 is 5.32 Å². The lowest BCUT2D eigenvalue weighted by atomic mass is 9.88. The van der Waals surface area contributed by atoms with Gasteiger partial charge in [0.25, 0.3) is 0 Å². The number of hydrogen-bond acceptors (Lipinski definition) is 4. The number of nitrogens with one attached hydrogen (secondary N) is 1. The standard InChI is InChI=1S/C21H31NO4/c1-2-3-4-8-13-18-19(26-20(18)23)14-9-10-15-25-21(24)22-16-17-11-6-5-7-12-17/h5-7,11-12,18-19H,2-4,8-10,13-16H2,1H3,(H,22,24). The lowest BCUT2D eigenvalue weighted by Crippen LogP contribution is -2.44. The summed E-state index contributed by atoms with van der Waals surface area (Å²) in [5.41, 5.74) is 1.04. The molecule has 1 saturated heterocycles. The molecule has 0 aromatic heterocycles. The van der Waals surface area contributed by atoms with Gasteiger partial charge in [0.2, 0.25) is 0 Å². The van der Waals surface area contributed by atoms with E-state index in [0.29, 0.717) is 13.2 Å². The van der Waals surface area contributed by atoms with E-state index in [1.54, 1.807) is 0 Å². The van der Waals surface area contributed by atoms with E-state index in [1.165, 1.54) is 19.3 Å². The Hall–Kier alpha value is -2.04. The fourth-order valence-corrected chi connectivity index (χ4v) is 3.19. The molecular formula is C21H31NO4. The molecule has 2 atom stereocenters. The van der Waals surface area contributed by atoms with Gasteiger partial charge in [-0.05, 0) is 31.2 Å². The number of cyclic esters (lactones) is 1. The maximum absolute atomic E-state index is 11.6. The molecule has 1 aromatic rings. The Balaban J connectivity index is 1.49. The number of unbranched alkanes of at least 4 members (excludes halogenated alkanes) is 4. The zero-order chi connectivity index (χ0) is 18.6. The van der Waals surface area contributed by atoms with E-state index in [0.717, 1.165) is 37.7 Å². The van der Waals surface area contributed by atoms with Gasteiger partial charge in [-0.1, -0.05) is 62.9 Å². The van der Waals surface area contributed by atoms with Crippen molar-refractivity contribution in [2.75, 3.05) is 6.61 Å². The second-order valence-corrected chi connectivity index (χ2v) is 6.90. The summed E-state index contributed by atoms with van der Waals surface area (Å²) in [7, 11) is 0. The van der Waals surface area contributed by atoms with Crippen LogP contribution in [0.5, 0.6) is 0 Å². The number of ether oxygens (including phenoxy) is 2. The second kappa shape index (κ2) is 11.6. The fourth-order valence-electron chi connectivity index (χ4n) is 3.19. The Morgan fingerprint density at radius 1 is 1.08 bits per heavy atom. The van der Waals surface area contributed by atoms with Crippen molar-refractivity contribution >= 4 is 12.1 Å². The van der Waals surface area contributed by atoms with E-state index in [2.05, 4.69) is 12.2 Å². The number of carbonyl (C=O) groups is 2. The predicted octanol–water partition coefficient (Wildman–Crippen LogP) is 4.60. The van der Waals surface area contributed by atoms with Crippen LogP contribution in [-0.4, -0.2) is 24.8 Å². The third kappa shape index (κ3) is 7.06. The highest BCUT2D eigenvalue weighted by atomic mass is 16.6. The van der Waals surface area contributed by atoms with Gasteiger partial charge in [0.05, 0.1) is 12.5 Å². The maximum atomic E-state index is 11.6. The van der Waals surface area contributed by atoms with Crippen molar-refractivity contribution in [2.45, 2.75) is 70.9 Å². The van der Waals surface area contributed by atoms with Crippen LogP contribution in [0.4, 0.5) is 4.79 Å². The Morgan fingerprint density at radius 3 is 2.58 bits per heavy atom. The first kappa shape index (κ1) is 20.3. The molecule has 2 unspecified atom stereocenters. The lowest BCUT2D eigenvalue weighted by Gasteiger charge is -2.35. The van der Waals surface area contributed by atoms with Crippen LogP contribution in [0, 0.1) is 5.92 Å². The molecule has 2 rings (SSSR count). The summed E-state index contributed by atoms with van der Waals surface area (Å²) >= 11 is 0. The van der Waals surface area contributed by atoms with Crippen molar-refractivity contribution in [3.8, 4) is 0 Å². The molecule has 0 spiro atoms. The minimum absolute atomic E-state index is 0.0389. The molecule has 1 heterocycles. The maximum Gasteiger partial charge on any atom is 0.407 e. The van der Waals surface area contributed by atoms with Crippen LogP contribution in [0.1, 0.15) is 63.9 Å². The van der Waals surface area contributed by atoms with E-state index in [1.807, 2.05) is 30.3 Å². The van der Waals surface area contributed by atoms with Gasteiger partial charge >= 0.3 is 12.1 Å². The quantitative estimate of drug-likeness (QED) is 0.437. The van der Waals surface area contributed by atoms with Crippen molar-refractivity contribution in [1.29, 1.82) is 0 Å². The third-order valence-corrected chi connectivity index (χ3v) is 4.78. The molecule has 5 heteroatoms. The average Bonchev–Trinajstić information content (AvgIpc) is 2.65. The molecule has 1 aromatic carbocycles. The highest BCUT2D eigenvalue weighted by Crippen LogP contribution is 2.31. The molecule has 0 radical (unpaired) electrons. The Labute approximate surface area is 156 Å². The van der Waals surface area contributed by atoms with Gasteiger partial charge < -0.3 is 14.8 Å². The van der Waals surface area contributed by atoms with Gasteiger partial charge in [-0.2, -0.15) is 0 Å². The Kier molecular flexibility index (Phi) is 9.01. The third-order valence-electron chi connectivity index (χ3n) is 4.78. The van der Waals surface area contributed by atoms with E-state index in [4.69, 9.17) is 9.47 Å².